The van der Waals surface area contributed by atoms with Crippen molar-refractivity contribution in [1.82, 2.24) is 9.29 Å². The molecule has 0 aromatic carbocycles. The second-order valence-electron chi connectivity index (χ2n) is 4.04. The number of carbonyl (C=O) groups is 1. The van der Waals surface area contributed by atoms with Crippen LogP contribution >= 0.6 is 0 Å². The zero-order chi connectivity index (χ0) is 14.8. The van der Waals surface area contributed by atoms with E-state index in [0.717, 1.165) is 10.5 Å². The molecule has 0 amide bonds. The van der Waals surface area contributed by atoms with Gasteiger partial charge in [-0.1, -0.05) is 0 Å². The van der Waals surface area contributed by atoms with Crippen LogP contribution in [0.1, 0.15) is 5.69 Å². The van der Waals surface area contributed by atoms with Crippen LogP contribution in [0.3, 0.4) is 0 Å². The van der Waals surface area contributed by atoms with Crippen molar-refractivity contribution in [3.8, 4) is 6.07 Å². The second kappa shape index (κ2) is 5.54. The topological polar surface area (TPSA) is 121 Å². The highest BCUT2D eigenvalue weighted by Crippen LogP contribution is 2.20. The van der Waals surface area contributed by atoms with E-state index in [1.54, 1.807) is 6.07 Å². The quantitative estimate of drug-likeness (QED) is 0.792. The molecule has 1 N–H and O–H groups in total. The molecule has 1 saturated heterocycles. The van der Waals surface area contributed by atoms with E-state index in [4.69, 9.17) is 15.1 Å². The van der Waals surface area contributed by atoms with Crippen molar-refractivity contribution in [2.45, 2.75) is 10.9 Å². The number of ether oxygens (including phenoxy) is 1. The molecule has 1 aliphatic rings. The Balaban J connectivity index is 2.37. The Hall–Kier alpha value is -2.02. The molecule has 1 aliphatic heterocycles. The van der Waals surface area contributed by atoms with Gasteiger partial charge < -0.3 is 9.84 Å². The number of aliphatic carboxylic acids is 1. The van der Waals surface area contributed by atoms with Crippen LogP contribution in [0.5, 0.6) is 0 Å². The van der Waals surface area contributed by atoms with Gasteiger partial charge in [-0.25, -0.2) is 13.4 Å². The minimum atomic E-state index is -3.98. The summed E-state index contributed by atoms with van der Waals surface area (Å²) in [6.45, 7) is -0.107. The van der Waals surface area contributed by atoms with Gasteiger partial charge in [0.1, 0.15) is 22.7 Å². The van der Waals surface area contributed by atoms with Gasteiger partial charge in [0, 0.05) is 12.7 Å². The monoisotopic (exact) mass is 297 g/mol. The van der Waals surface area contributed by atoms with E-state index in [2.05, 4.69) is 4.98 Å². The summed E-state index contributed by atoms with van der Waals surface area (Å²) in [7, 11) is -3.98. The fourth-order valence-electron chi connectivity index (χ4n) is 1.81. The van der Waals surface area contributed by atoms with Gasteiger partial charge in [0.2, 0.25) is 10.0 Å². The van der Waals surface area contributed by atoms with Crippen LogP contribution in [-0.4, -0.2) is 54.6 Å². The lowest BCUT2D eigenvalue weighted by Crippen LogP contribution is -2.52. The third kappa shape index (κ3) is 2.62. The molecule has 8 nitrogen and oxygen atoms in total. The molecule has 1 unspecified atom stereocenters. The van der Waals surface area contributed by atoms with Gasteiger partial charge in [0.15, 0.2) is 0 Å². The van der Waals surface area contributed by atoms with Crippen LogP contribution in [0.2, 0.25) is 0 Å². The molecule has 2 heterocycles. The standard InChI is InChI=1S/C11H11N3O5S/c12-5-8-1-2-9(6-13-8)20(17,18)14-3-4-19-7-10(14)11(15)16/h1-2,6,10H,3-4,7H2,(H,15,16). The third-order valence-electron chi connectivity index (χ3n) is 2.82. The molecule has 2 rings (SSSR count). The predicted molar refractivity (Wildman–Crippen MR) is 65.1 cm³/mol. The summed E-state index contributed by atoms with van der Waals surface area (Å²) in [5.74, 6) is -1.27. The van der Waals surface area contributed by atoms with Gasteiger partial charge in [-0.15, -0.1) is 0 Å². The molecule has 0 saturated carbocycles. The summed E-state index contributed by atoms with van der Waals surface area (Å²) < 4.78 is 30.6. The first-order valence-corrected chi connectivity index (χ1v) is 7.09. The number of aromatic nitrogens is 1. The van der Waals surface area contributed by atoms with Gasteiger partial charge >= 0.3 is 5.97 Å². The highest BCUT2D eigenvalue weighted by molar-refractivity contribution is 7.89. The van der Waals surface area contributed by atoms with E-state index in [1.807, 2.05) is 0 Å². The van der Waals surface area contributed by atoms with E-state index in [1.165, 1.54) is 12.1 Å². The van der Waals surface area contributed by atoms with Crippen molar-refractivity contribution in [2.24, 2.45) is 0 Å². The average Bonchev–Trinajstić information content (AvgIpc) is 2.47. The fraction of sp³-hybridized carbons (Fsp3) is 0.364. The maximum absolute atomic E-state index is 12.4. The zero-order valence-electron chi connectivity index (χ0n) is 10.3. The van der Waals surface area contributed by atoms with Crippen LogP contribution in [0.4, 0.5) is 0 Å². The Labute approximate surface area is 115 Å². The first kappa shape index (κ1) is 14.4. The number of hydrogen-bond acceptors (Lipinski definition) is 6. The minimum Gasteiger partial charge on any atom is -0.480 e. The van der Waals surface area contributed by atoms with Gasteiger partial charge in [0.25, 0.3) is 0 Å². The minimum absolute atomic E-state index is 0.0424. The van der Waals surface area contributed by atoms with Crippen molar-refractivity contribution < 1.29 is 23.1 Å². The molecule has 0 spiro atoms. The first-order chi connectivity index (χ1) is 9.46. The van der Waals surface area contributed by atoms with Crippen LogP contribution in [0.25, 0.3) is 0 Å². The lowest BCUT2D eigenvalue weighted by molar-refractivity contribution is -0.146. The van der Waals surface area contributed by atoms with Crippen molar-refractivity contribution >= 4 is 16.0 Å². The van der Waals surface area contributed by atoms with E-state index < -0.39 is 22.0 Å². The Kier molecular flexibility index (Phi) is 3.99. The number of rotatable bonds is 3. The lowest BCUT2D eigenvalue weighted by Gasteiger charge is -2.31. The van der Waals surface area contributed by atoms with E-state index >= 15 is 0 Å². The smallest absolute Gasteiger partial charge is 0.324 e. The van der Waals surface area contributed by atoms with Crippen LogP contribution < -0.4 is 0 Å². The SMILES string of the molecule is N#Cc1ccc(S(=O)(=O)N2CCOCC2C(=O)O)cn1. The number of carboxylic acids is 1. The normalized spacial score (nSPS) is 20.2. The molecular formula is C11H11N3O5S. The average molecular weight is 297 g/mol. The Morgan fingerprint density at radius 3 is 2.85 bits per heavy atom. The maximum atomic E-state index is 12.4. The lowest BCUT2D eigenvalue weighted by atomic mass is 10.3. The van der Waals surface area contributed by atoms with E-state index in [-0.39, 0.29) is 30.3 Å². The van der Waals surface area contributed by atoms with Crippen molar-refractivity contribution in [2.75, 3.05) is 19.8 Å². The van der Waals surface area contributed by atoms with Gasteiger partial charge in [-0.3, -0.25) is 4.79 Å². The Bertz CT molecular complexity index is 650. The van der Waals surface area contributed by atoms with Crippen molar-refractivity contribution in [3.63, 3.8) is 0 Å². The van der Waals surface area contributed by atoms with E-state index in [0.29, 0.717) is 0 Å². The molecule has 20 heavy (non-hydrogen) atoms. The highest BCUT2D eigenvalue weighted by Gasteiger charge is 2.38. The summed E-state index contributed by atoms with van der Waals surface area (Å²) in [5, 5.41) is 17.7. The summed E-state index contributed by atoms with van der Waals surface area (Å²) in [5.41, 5.74) is 0.0840. The molecule has 106 valence electrons. The molecule has 0 aliphatic carbocycles. The summed E-state index contributed by atoms with van der Waals surface area (Å²) in [4.78, 5) is 14.6. The highest BCUT2D eigenvalue weighted by atomic mass is 32.2. The molecule has 1 aromatic heterocycles. The van der Waals surface area contributed by atoms with Gasteiger partial charge in [-0.2, -0.15) is 9.57 Å². The number of nitriles is 1. The number of pyridine rings is 1. The molecule has 0 radical (unpaired) electrons. The number of nitrogens with zero attached hydrogens (tertiary/aromatic N) is 3. The third-order valence-corrected chi connectivity index (χ3v) is 4.71. The van der Waals surface area contributed by atoms with Gasteiger partial charge in [-0.05, 0) is 12.1 Å². The number of carboxylic acid groups (broad SMARTS) is 1. The van der Waals surface area contributed by atoms with Crippen LogP contribution in [-0.2, 0) is 19.6 Å². The maximum Gasteiger partial charge on any atom is 0.324 e. The van der Waals surface area contributed by atoms with Crippen LogP contribution in [0.15, 0.2) is 23.2 Å². The zero-order valence-corrected chi connectivity index (χ0v) is 11.1. The Morgan fingerprint density at radius 2 is 2.30 bits per heavy atom. The summed E-state index contributed by atoms with van der Waals surface area (Å²) >= 11 is 0. The molecule has 1 fully saturated rings. The number of morpholine rings is 1. The van der Waals surface area contributed by atoms with Crippen LogP contribution in [0, 0.1) is 11.3 Å². The van der Waals surface area contributed by atoms with Gasteiger partial charge in [0.05, 0.1) is 13.2 Å². The van der Waals surface area contributed by atoms with Crippen molar-refractivity contribution in [3.05, 3.63) is 24.0 Å². The first-order valence-electron chi connectivity index (χ1n) is 5.65. The largest absolute Gasteiger partial charge is 0.480 e. The fourth-order valence-corrected chi connectivity index (χ4v) is 3.30. The van der Waals surface area contributed by atoms with Crippen molar-refractivity contribution in [1.29, 1.82) is 5.26 Å². The molecule has 9 heteroatoms. The molecule has 1 aromatic rings. The summed E-state index contributed by atoms with van der Waals surface area (Å²) in [6, 6.07) is 3.02. The second-order valence-corrected chi connectivity index (χ2v) is 5.93. The summed E-state index contributed by atoms with van der Waals surface area (Å²) in [6.07, 6.45) is 1.04. The predicted octanol–water partition coefficient (Wildman–Crippen LogP) is -0.573. The van der Waals surface area contributed by atoms with E-state index in [9.17, 15) is 13.2 Å². The molecule has 0 bridgehead atoms. The Morgan fingerprint density at radius 1 is 1.55 bits per heavy atom. The number of sulfonamides is 1. The molecule has 1 atom stereocenters. The number of hydrogen-bond donors (Lipinski definition) is 1. The molecular weight excluding hydrogens is 286 g/mol.